The summed E-state index contributed by atoms with van der Waals surface area (Å²) in [7, 11) is 1.23. The van der Waals surface area contributed by atoms with Crippen LogP contribution in [0.15, 0.2) is 30.6 Å². The second-order valence-corrected chi connectivity index (χ2v) is 4.35. The lowest BCUT2D eigenvalue weighted by Crippen LogP contribution is -2.10. The molecular weight excluding hydrogens is 335 g/mol. The van der Waals surface area contributed by atoms with E-state index in [1.165, 1.54) is 25.4 Å². The molecule has 0 atom stereocenters. The zero-order valence-corrected chi connectivity index (χ0v) is 12.7. The summed E-state index contributed by atoms with van der Waals surface area (Å²) in [6.45, 7) is 0.0635. The molecule has 0 aliphatic rings. The van der Waals surface area contributed by atoms with Crippen molar-refractivity contribution in [1.82, 2.24) is 9.97 Å². The van der Waals surface area contributed by atoms with Crippen molar-refractivity contribution in [3.63, 3.8) is 0 Å². The van der Waals surface area contributed by atoms with E-state index in [4.69, 9.17) is 5.73 Å². The van der Waals surface area contributed by atoms with Crippen LogP contribution in [0.3, 0.4) is 0 Å². The maximum Gasteiger partial charge on any atom is 0.433 e. The van der Waals surface area contributed by atoms with E-state index in [1.807, 2.05) is 0 Å². The molecule has 0 aliphatic carbocycles. The predicted molar refractivity (Wildman–Crippen MR) is 78.9 cm³/mol. The highest BCUT2D eigenvalue weighted by atomic mass is 35.5. The van der Waals surface area contributed by atoms with Crippen LogP contribution in [0.4, 0.5) is 13.2 Å². The number of methoxy groups -OCH3 is 1. The van der Waals surface area contributed by atoms with E-state index in [1.54, 1.807) is 0 Å². The van der Waals surface area contributed by atoms with Crippen LogP contribution in [-0.2, 0) is 17.5 Å². The normalized spacial score (nSPS) is 10.8. The van der Waals surface area contributed by atoms with Crippen LogP contribution >= 0.6 is 12.4 Å². The number of alkyl halides is 3. The number of carbonyl (C=O) groups excluding carboxylic acids is 1. The van der Waals surface area contributed by atoms with Gasteiger partial charge in [-0.2, -0.15) is 13.2 Å². The molecule has 9 heteroatoms. The number of carbonyl (C=O) groups is 1. The van der Waals surface area contributed by atoms with Gasteiger partial charge < -0.3 is 10.5 Å². The van der Waals surface area contributed by atoms with Crippen LogP contribution < -0.4 is 5.73 Å². The zero-order valence-electron chi connectivity index (χ0n) is 11.9. The minimum Gasteiger partial charge on any atom is -0.465 e. The number of nitrogens with two attached hydrogens (primary N) is 1. The largest absolute Gasteiger partial charge is 0.465 e. The molecule has 0 bridgehead atoms. The van der Waals surface area contributed by atoms with E-state index in [-0.39, 0.29) is 24.5 Å². The van der Waals surface area contributed by atoms with Gasteiger partial charge in [-0.1, -0.05) is 0 Å². The number of rotatable bonds is 3. The van der Waals surface area contributed by atoms with Crippen molar-refractivity contribution in [2.45, 2.75) is 12.7 Å². The number of pyridine rings is 2. The Balaban J connectivity index is 0.00000264. The fraction of sp³-hybridized carbons (Fsp3) is 0.214. The third-order valence-electron chi connectivity index (χ3n) is 2.96. The van der Waals surface area contributed by atoms with Gasteiger partial charge >= 0.3 is 12.1 Å². The SMILES string of the molecule is COC(=O)c1cnc(-c2ccc(C(F)(F)F)nc2)cc1CN.Cl. The summed E-state index contributed by atoms with van der Waals surface area (Å²) in [4.78, 5) is 18.9. The Morgan fingerprint density at radius 3 is 2.43 bits per heavy atom. The third-order valence-corrected chi connectivity index (χ3v) is 2.96. The molecule has 2 rings (SSSR count). The maximum absolute atomic E-state index is 12.5. The van der Waals surface area contributed by atoms with E-state index < -0.39 is 17.8 Å². The number of nitrogens with zero attached hydrogens (tertiary/aromatic N) is 2. The summed E-state index contributed by atoms with van der Waals surface area (Å²) in [6.07, 6.45) is -2.15. The molecular formula is C14H13ClF3N3O2. The molecule has 0 spiro atoms. The van der Waals surface area contributed by atoms with Crippen LogP contribution in [0.25, 0.3) is 11.3 Å². The Bertz CT molecular complexity index is 691. The van der Waals surface area contributed by atoms with Crippen molar-refractivity contribution in [2.24, 2.45) is 5.73 Å². The van der Waals surface area contributed by atoms with Gasteiger partial charge in [-0.25, -0.2) is 4.79 Å². The number of esters is 1. The molecule has 0 saturated heterocycles. The van der Waals surface area contributed by atoms with Crippen molar-refractivity contribution in [2.75, 3.05) is 7.11 Å². The van der Waals surface area contributed by atoms with Gasteiger partial charge in [0, 0.05) is 24.5 Å². The van der Waals surface area contributed by atoms with Crippen LogP contribution in [0.5, 0.6) is 0 Å². The summed E-state index contributed by atoms with van der Waals surface area (Å²) in [6, 6.07) is 3.65. The van der Waals surface area contributed by atoms with Gasteiger partial charge in [0.25, 0.3) is 0 Å². The highest BCUT2D eigenvalue weighted by Crippen LogP contribution is 2.28. The Morgan fingerprint density at radius 1 is 1.26 bits per heavy atom. The molecule has 2 heterocycles. The van der Waals surface area contributed by atoms with E-state index in [0.29, 0.717) is 16.8 Å². The summed E-state index contributed by atoms with van der Waals surface area (Å²) < 4.78 is 42.0. The minimum absolute atomic E-state index is 0. The lowest BCUT2D eigenvalue weighted by molar-refractivity contribution is -0.141. The van der Waals surface area contributed by atoms with Crippen molar-refractivity contribution in [3.8, 4) is 11.3 Å². The fourth-order valence-corrected chi connectivity index (χ4v) is 1.83. The molecule has 124 valence electrons. The van der Waals surface area contributed by atoms with E-state index >= 15 is 0 Å². The zero-order chi connectivity index (χ0) is 16.3. The molecule has 23 heavy (non-hydrogen) atoms. The van der Waals surface area contributed by atoms with Crippen LogP contribution in [0.2, 0.25) is 0 Å². The standard InChI is InChI=1S/C14H12F3N3O2.ClH/c1-22-13(21)10-7-19-11(4-9(10)5-18)8-2-3-12(20-6-8)14(15,16)17;/h2-4,6-7H,5,18H2,1H3;1H. The molecule has 2 N–H and O–H groups in total. The Kier molecular flexibility index (Phi) is 6.05. The van der Waals surface area contributed by atoms with Gasteiger partial charge in [-0.15, -0.1) is 12.4 Å². The van der Waals surface area contributed by atoms with Gasteiger partial charge in [-0.3, -0.25) is 9.97 Å². The second-order valence-electron chi connectivity index (χ2n) is 4.35. The van der Waals surface area contributed by atoms with E-state index in [9.17, 15) is 18.0 Å². The molecule has 2 aromatic heterocycles. The van der Waals surface area contributed by atoms with Crippen LogP contribution in [-0.4, -0.2) is 23.0 Å². The molecule has 0 saturated carbocycles. The van der Waals surface area contributed by atoms with Crippen molar-refractivity contribution in [3.05, 3.63) is 47.4 Å². The first-order chi connectivity index (χ1) is 10.4. The lowest BCUT2D eigenvalue weighted by Gasteiger charge is -2.09. The molecule has 0 radical (unpaired) electrons. The lowest BCUT2D eigenvalue weighted by atomic mass is 10.1. The molecule has 0 aromatic carbocycles. The molecule has 0 amide bonds. The third kappa shape index (κ3) is 4.17. The maximum atomic E-state index is 12.5. The van der Waals surface area contributed by atoms with Crippen molar-refractivity contribution in [1.29, 1.82) is 0 Å². The quantitative estimate of drug-likeness (QED) is 0.864. The van der Waals surface area contributed by atoms with Crippen molar-refractivity contribution < 1.29 is 22.7 Å². The van der Waals surface area contributed by atoms with Crippen LogP contribution in [0.1, 0.15) is 21.6 Å². The summed E-state index contributed by atoms with van der Waals surface area (Å²) in [5.41, 5.74) is 6.04. The number of hydrogen-bond donors (Lipinski definition) is 1. The first-order valence-electron chi connectivity index (χ1n) is 6.17. The molecule has 0 fully saturated rings. The Morgan fingerprint density at radius 2 is 1.96 bits per heavy atom. The average molecular weight is 348 g/mol. The average Bonchev–Trinajstić information content (AvgIpc) is 2.52. The predicted octanol–water partition coefficient (Wildman–Crippen LogP) is 2.83. The summed E-state index contributed by atoms with van der Waals surface area (Å²) in [5.74, 6) is -0.579. The van der Waals surface area contributed by atoms with Gasteiger partial charge in [0.05, 0.1) is 18.4 Å². The number of aromatic nitrogens is 2. The first kappa shape index (κ1) is 18.9. The summed E-state index contributed by atoms with van der Waals surface area (Å²) in [5, 5.41) is 0. The minimum atomic E-state index is -4.50. The second kappa shape index (κ2) is 7.38. The van der Waals surface area contributed by atoms with E-state index in [2.05, 4.69) is 14.7 Å². The van der Waals surface area contributed by atoms with Gasteiger partial charge in [0.15, 0.2) is 0 Å². The van der Waals surface area contributed by atoms with Gasteiger partial charge in [-0.05, 0) is 23.8 Å². The van der Waals surface area contributed by atoms with Crippen LogP contribution in [0, 0.1) is 0 Å². The Labute approximate surface area is 136 Å². The van der Waals surface area contributed by atoms with Gasteiger partial charge in [0.2, 0.25) is 0 Å². The highest BCUT2D eigenvalue weighted by molar-refractivity contribution is 5.91. The summed E-state index contributed by atoms with van der Waals surface area (Å²) >= 11 is 0. The molecule has 5 nitrogen and oxygen atoms in total. The molecule has 0 aliphatic heterocycles. The topological polar surface area (TPSA) is 78.1 Å². The number of hydrogen-bond acceptors (Lipinski definition) is 5. The highest BCUT2D eigenvalue weighted by Gasteiger charge is 2.32. The van der Waals surface area contributed by atoms with Crippen molar-refractivity contribution >= 4 is 18.4 Å². The Hall–Kier alpha value is -2.19. The first-order valence-corrected chi connectivity index (χ1v) is 6.17. The smallest absolute Gasteiger partial charge is 0.433 e. The number of halogens is 4. The molecule has 0 unspecified atom stereocenters. The molecule has 2 aromatic rings. The fourth-order valence-electron chi connectivity index (χ4n) is 1.83. The number of ether oxygens (including phenoxy) is 1. The van der Waals surface area contributed by atoms with E-state index in [0.717, 1.165) is 12.3 Å². The van der Waals surface area contributed by atoms with Gasteiger partial charge in [0.1, 0.15) is 5.69 Å². The monoisotopic (exact) mass is 347 g/mol.